The highest BCUT2D eigenvalue weighted by Crippen LogP contribution is 2.37. The number of hydrogen-bond acceptors (Lipinski definition) is 5. The molecule has 22 heavy (non-hydrogen) atoms. The first-order chi connectivity index (χ1) is 10.7. The maximum absolute atomic E-state index is 11.9. The van der Waals surface area contributed by atoms with Gasteiger partial charge in [-0.05, 0) is 17.7 Å². The van der Waals surface area contributed by atoms with Crippen molar-refractivity contribution in [2.45, 2.75) is 11.4 Å². The van der Waals surface area contributed by atoms with Gasteiger partial charge in [0.05, 0.1) is 6.04 Å². The van der Waals surface area contributed by atoms with Crippen molar-refractivity contribution < 1.29 is 4.79 Å². The molecule has 0 aliphatic carbocycles. The lowest BCUT2D eigenvalue weighted by atomic mass is 9.95. The third-order valence-corrected chi connectivity index (χ3v) is 4.73. The minimum atomic E-state index is -0.558. The molecule has 1 aromatic heterocycles. The van der Waals surface area contributed by atoms with Gasteiger partial charge in [-0.15, -0.1) is 22.9 Å². The van der Waals surface area contributed by atoms with Crippen LogP contribution in [-0.2, 0) is 4.79 Å². The Hall–Kier alpha value is -1.34. The molecule has 1 aromatic carbocycles. The van der Waals surface area contributed by atoms with E-state index in [1.807, 2.05) is 23.6 Å². The summed E-state index contributed by atoms with van der Waals surface area (Å²) in [5.41, 5.74) is 4.02. The number of nitrogens with zero attached hydrogens (tertiary/aromatic N) is 2. The first kappa shape index (κ1) is 15.6. The quantitative estimate of drug-likeness (QED) is 0.474. The van der Waals surface area contributed by atoms with Gasteiger partial charge in [0.15, 0.2) is 5.13 Å². The number of thiazole rings is 1. The minimum Gasteiger partial charge on any atom is -0.360 e. The summed E-state index contributed by atoms with van der Waals surface area (Å²) < 4.78 is 0. The molecule has 0 spiro atoms. The Bertz CT molecular complexity index is 652. The number of amides is 1. The number of carbonyl (C=O) groups excluding carboxylic acids is 1. The van der Waals surface area contributed by atoms with Crippen molar-refractivity contribution in [1.82, 2.24) is 15.4 Å². The van der Waals surface area contributed by atoms with Crippen LogP contribution in [0.5, 0.6) is 0 Å². The zero-order chi connectivity index (χ0) is 15.5. The highest BCUT2D eigenvalue weighted by Gasteiger charge is 2.47. The van der Waals surface area contributed by atoms with Crippen LogP contribution in [0.3, 0.4) is 0 Å². The summed E-state index contributed by atoms with van der Waals surface area (Å²) in [5, 5.41) is 7.57. The molecule has 2 aromatic rings. The normalized spacial score (nSPS) is 20.8. The van der Waals surface area contributed by atoms with Gasteiger partial charge in [0, 0.05) is 29.7 Å². The number of carbonyl (C=O) groups is 1. The molecule has 2 heterocycles. The van der Waals surface area contributed by atoms with Gasteiger partial charge in [0.2, 0.25) is 0 Å². The van der Waals surface area contributed by atoms with Gasteiger partial charge in [-0.2, -0.15) is 0 Å². The van der Waals surface area contributed by atoms with Gasteiger partial charge in [-0.1, -0.05) is 23.7 Å². The molecule has 1 fully saturated rings. The molecule has 1 aliphatic heterocycles. The largest absolute Gasteiger partial charge is 0.360 e. The molecule has 2 unspecified atom stereocenters. The Kier molecular flexibility index (Phi) is 4.83. The SMILES string of the molecule is O=C1C(Cl)C(c2cccc(Cl)c2)N1NCCNc1nccs1. The van der Waals surface area contributed by atoms with E-state index in [0.717, 1.165) is 10.7 Å². The number of hydrazine groups is 1. The molecule has 0 saturated carbocycles. The van der Waals surface area contributed by atoms with Crippen molar-refractivity contribution >= 4 is 45.6 Å². The van der Waals surface area contributed by atoms with Gasteiger partial charge in [0.1, 0.15) is 5.38 Å². The molecule has 116 valence electrons. The molecule has 1 aliphatic rings. The molecule has 1 amide bonds. The summed E-state index contributed by atoms with van der Waals surface area (Å²) in [6.07, 6.45) is 1.74. The Morgan fingerprint density at radius 2 is 2.23 bits per heavy atom. The lowest BCUT2D eigenvalue weighted by molar-refractivity contribution is -0.151. The molecule has 5 nitrogen and oxygen atoms in total. The van der Waals surface area contributed by atoms with Gasteiger partial charge in [-0.25, -0.2) is 10.4 Å². The minimum absolute atomic E-state index is 0.124. The average Bonchev–Trinajstić information content (AvgIpc) is 3.02. The van der Waals surface area contributed by atoms with Crippen LogP contribution in [0.15, 0.2) is 35.8 Å². The number of halogens is 2. The van der Waals surface area contributed by atoms with Crippen molar-refractivity contribution in [3.63, 3.8) is 0 Å². The number of hydrogen-bond donors (Lipinski definition) is 2. The fraction of sp³-hybridized carbons (Fsp3) is 0.286. The lowest BCUT2D eigenvalue weighted by Gasteiger charge is -2.44. The second-order valence-corrected chi connectivity index (χ2v) is 6.58. The van der Waals surface area contributed by atoms with Gasteiger partial charge < -0.3 is 5.32 Å². The Morgan fingerprint density at radius 3 is 2.95 bits per heavy atom. The number of rotatable bonds is 6. The average molecular weight is 357 g/mol. The molecule has 0 radical (unpaired) electrons. The summed E-state index contributed by atoms with van der Waals surface area (Å²) in [4.78, 5) is 16.1. The van der Waals surface area contributed by atoms with E-state index in [0.29, 0.717) is 18.1 Å². The fourth-order valence-electron chi connectivity index (χ4n) is 2.30. The predicted molar refractivity (Wildman–Crippen MR) is 89.3 cm³/mol. The second kappa shape index (κ2) is 6.83. The monoisotopic (exact) mass is 356 g/mol. The molecule has 3 rings (SSSR count). The molecule has 0 bridgehead atoms. The summed E-state index contributed by atoms with van der Waals surface area (Å²) in [7, 11) is 0. The third kappa shape index (κ3) is 3.20. The fourth-order valence-corrected chi connectivity index (χ4v) is 3.41. The highest BCUT2D eigenvalue weighted by molar-refractivity contribution is 7.13. The number of β-lactam (4-membered cyclic amide) rings is 1. The van der Waals surface area contributed by atoms with Crippen molar-refractivity contribution in [3.05, 3.63) is 46.4 Å². The summed E-state index contributed by atoms with van der Waals surface area (Å²) in [5.74, 6) is -0.124. The van der Waals surface area contributed by atoms with Crippen LogP contribution in [0, 0.1) is 0 Å². The predicted octanol–water partition coefficient (Wildman–Crippen LogP) is 2.90. The maximum atomic E-state index is 11.9. The van der Waals surface area contributed by atoms with Crippen molar-refractivity contribution in [2.24, 2.45) is 0 Å². The number of alkyl halides is 1. The number of nitrogens with one attached hydrogen (secondary N) is 2. The standard InChI is InChI=1S/C14H14Cl2N4OS/c15-10-3-1-2-9(8-10)12-11(16)13(21)20(12)19-5-4-17-14-18-6-7-22-14/h1-3,6-8,11-12,19H,4-5H2,(H,17,18). The van der Waals surface area contributed by atoms with Crippen LogP contribution >= 0.6 is 34.5 Å². The molecule has 2 atom stereocenters. The molecular formula is C14H14Cl2N4OS. The molecular weight excluding hydrogens is 343 g/mol. The number of anilines is 1. The van der Waals surface area contributed by atoms with Crippen LogP contribution in [0.1, 0.15) is 11.6 Å². The zero-order valence-corrected chi connectivity index (χ0v) is 13.8. The van der Waals surface area contributed by atoms with Gasteiger partial charge in [0.25, 0.3) is 5.91 Å². The van der Waals surface area contributed by atoms with Crippen molar-refractivity contribution in [1.29, 1.82) is 0 Å². The van der Waals surface area contributed by atoms with Crippen LogP contribution in [0.4, 0.5) is 5.13 Å². The van der Waals surface area contributed by atoms with E-state index in [2.05, 4.69) is 15.7 Å². The van der Waals surface area contributed by atoms with E-state index in [1.54, 1.807) is 17.3 Å². The summed E-state index contributed by atoms with van der Waals surface area (Å²) >= 11 is 13.7. The van der Waals surface area contributed by atoms with E-state index in [4.69, 9.17) is 23.2 Å². The molecule has 2 N–H and O–H groups in total. The van der Waals surface area contributed by atoms with E-state index in [-0.39, 0.29) is 11.9 Å². The summed E-state index contributed by atoms with van der Waals surface area (Å²) in [6.45, 7) is 1.25. The Labute approximate surface area is 142 Å². The van der Waals surface area contributed by atoms with E-state index in [1.165, 1.54) is 11.3 Å². The maximum Gasteiger partial charge on any atom is 0.257 e. The van der Waals surface area contributed by atoms with Crippen LogP contribution < -0.4 is 10.7 Å². The van der Waals surface area contributed by atoms with E-state index < -0.39 is 5.38 Å². The smallest absolute Gasteiger partial charge is 0.257 e. The van der Waals surface area contributed by atoms with E-state index >= 15 is 0 Å². The summed E-state index contributed by atoms with van der Waals surface area (Å²) in [6, 6.07) is 7.20. The Balaban J connectivity index is 1.56. The van der Waals surface area contributed by atoms with Crippen LogP contribution in [0.25, 0.3) is 0 Å². The number of aromatic nitrogens is 1. The molecule has 8 heteroatoms. The second-order valence-electron chi connectivity index (χ2n) is 4.78. The van der Waals surface area contributed by atoms with Crippen LogP contribution in [-0.4, -0.2) is 34.4 Å². The van der Waals surface area contributed by atoms with Gasteiger partial charge >= 0.3 is 0 Å². The number of benzene rings is 1. The van der Waals surface area contributed by atoms with Crippen molar-refractivity contribution in [3.8, 4) is 0 Å². The third-order valence-electron chi connectivity index (χ3n) is 3.33. The van der Waals surface area contributed by atoms with Gasteiger partial charge in [-0.3, -0.25) is 9.80 Å². The topological polar surface area (TPSA) is 57.3 Å². The molecule has 1 saturated heterocycles. The lowest BCUT2D eigenvalue weighted by Crippen LogP contribution is -2.62. The highest BCUT2D eigenvalue weighted by atomic mass is 35.5. The van der Waals surface area contributed by atoms with Crippen LogP contribution in [0.2, 0.25) is 5.02 Å². The van der Waals surface area contributed by atoms with E-state index in [9.17, 15) is 4.79 Å². The Morgan fingerprint density at radius 1 is 1.36 bits per heavy atom. The first-order valence-corrected chi connectivity index (χ1v) is 8.45. The first-order valence-electron chi connectivity index (χ1n) is 6.76. The van der Waals surface area contributed by atoms with Crippen molar-refractivity contribution in [2.75, 3.05) is 18.4 Å². The zero-order valence-electron chi connectivity index (χ0n) is 11.5.